The number of rotatable bonds is 22. The zero-order chi connectivity index (χ0) is 48.7. The van der Waals surface area contributed by atoms with E-state index in [1.54, 1.807) is 91.9 Å². The molecule has 11 unspecified atom stereocenters. The maximum Gasteiger partial charge on any atom is 0.204 e. The molecule has 74 heavy (non-hydrogen) atoms. The number of fused-ring (bicyclic) bond motifs is 5. The molecule has 0 amide bonds. The highest BCUT2D eigenvalue weighted by atomic mass is 16.6. The molecular formula is C64H67NO9. The van der Waals surface area contributed by atoms with Gasteiger partial charge in [0.1, 0.15) is 19.8 Å². The summed E-state index contributed by atoms with van der Waals surface area (Å²) in [7, 11) is 7.62. The van der Waals surface area contributed by atoms with Gasteiger partial charge in [0, 0.05) is 68.1 Å². The quantitative estimate of drug-likeness (QED) is 0.0534. The van der Waals surface area contributed by atoms with Crippen molar-refractivity contribution in [2.75, 3.05) is 114 Å². The molecule has 1 saturated heterocycles. The largest absolute Gasteiger partial charge is 0.487 e. The number of methoxy groups -OCH3 is 3. The summed E-state index contributed by atoms with van der Waals surface area (Å²) in [5, 5.41) is 10.5. The minimum atomic E-state index is -0.208. The molecule has 0 N–H and O–H groups in total. The molecule has 13 aliphatic carbocycles. The molecule has 1 aliphatic heterocycles. The first-order valence-electron chi connectivity index (χ1n) is 28.7. The molecule has 4 aromatic rings. The van der Waals surface area contributed by atoms with Crippen LogP contribution in [0.2, 0.25) is 0 Å². The summed E-state index contributed by atoms with van der Waals surface area (Å²) in [4.78, 5) is 2.84. The Morgan fingerprint density at radius 2 is 1.20 bits per heavy atom. The average molecular weight is 994 g/mol. The third-order valence-corrected chi connectivity index (χ3v) is 22.5. The number of nitrogens with zero attached hydrogens (tertiary/aromatic N) is 1. The van der Waals surface area contributed by atoms with E-state index in [1.165, 1.54) is 56.9 Å². The molecule has 10 nitrogen and oxygen atoms in total. The fourth-order valence-electron chi connectivity index (χ4n) is 21.2. The first kappa shape index (κ1) is 43.6. The van der Waals surface area contributed by atoms with Gasteiger partial charge in [-0.3, -0.25) is 4.90 Å². The van der Waals surface area contributed by atoms with Gasteiger partial charge in [-0.1, -0.05) is 34.4 Å². The lowest BCUT2D eigenvalue weighted by atomic mass is 9.41. The van der Waals surface area contributed by atoms with Crippen LogP contribution in [-0.4, -0.2) is 119 Å². The Morgan fingerprint density at radius 1 is 0.527 bits per heavy atom. The highest BCUT2D eigenvalue weighted by Crippen LogP contribution is 2.82. The number of likely N-dealkylation sites (N-methyl/N-ethyl adjacent to an activating group) is 1. The molecule has 0 aromatic heterocycles. The summed E-state index contributed by atoms with van der Waals surface area (Å²) in [5.74, 6) is 6.64. The van der Waals surface area contributed by atoms with Crippen LogP contribution in [0.25, 0.3) is 55.3 Å². The van der Waals surface area contributed by atoms with Gasteiger partial charge in [0.15, 0.2) is 11.5 Å². The smallest absolute Gasteiger partial charge is 0.204 e. The van der Waals surface area contributed by atoms with Crippen molar-refractivity contribution in [2.45, 2.75) is 91.9 Å². The van der Waals surface area contributed by atoms with Crippen LogP contribution >= 0.6 is 0 Å². The van der Waals surface area contributed by atoms with E-state index in [1.807, 2.05) is 39.0 Å². The molecular weight excluding hydrogens is 927 g/mol. The number of allylic oxidation sites excluding steroid dienone is 2. The number of ether oxygens (including phenoxy) is 9. The molecule has 14 aliphatic rings. The van der Waals surface area contributed by atoms with Crippen molar-refractivity contribution in [3.05, 3.63) is 84.1 Å². The second-order valence-corrected chi connectivity index (χ2v) is 24.5. The average Bonchev–Trinajstić information content (AvgIpc) is 3.75. The Hall–Kier alpha value is -4.52. The minimum Gasteiger partial charge on any atom is -0.487 e. The van der Waals surface area contributed by atoms with Crippen molar-refractivity contribution in [3.63, 3.8) is 0 Å². The van der Waals surface area contributed by atoms with E-state index in [0.717, 1.165) is 12.3 Å². The molecule has 382 valence electrons. The van der Waals surface area contributed by atoms with Gasteiger partial charge in [-0.05, 0) is 187 Å². The molecule has 1 heterocycles. The highest BCUT2D eigenvalue weighted by molar-refractivity contribution is 6.24. The number of hydrogen-bond donors (Lipinski definition) is 0. The summed E-state index contributed by atoms with van der Waals surface area (Å²) in [5.41, 5.74) is 26.1. The molecule has 10 heteroatoms. The van der Waals surface area contributed by atoms with E-state index in [4.69, 9.17) is 42.6 Å². The SMILES string of the molecule is COCCOCCOc1ccc(C2N(C)CC34c5c6c7c8c9c%10c%11c7c7c5=C5CCC=7C%11CCC%10C7C=CC%10C%11=c%12c(c-8c-6c6c%12=C(CC%11)C(CCC53)C624)C%10C97)c(OCCOCCOC)c1OCCOCCOC. The Balaban J connectivity index is 0.912. The van der Waals surface area contributed by atoms with Gasteiger partial charge in [0.05, 0.1) is 59.5 Å². The third kappa shape index (κ3) is 4.64. The van der Waals surface area contributed by atoms with Crippen molar-refractivity contribution in [1.82, 2.24) is 4.90 Å². The zero-order valence-corrected chi connectivity index (χ0v) is 43.5. The summed E-state index contributed by atoms with van der Waals surface area (Å²) in [6, 6.07) is 4.59. The standard InChI is InChI=1S/C64H67NO9/c1-65-29-63-39-14-15-40-37-12-10-35-33-8-6-31-30-5-7-32-34-9-11-36(39)48-46(34)51-44(32)42(30)50-43(31)45(33)52-47(35)49(37)59(57-55(52)53(50)54(51)56(57)58(48)63)64(40,63)62(65)38-13-16-41(72-26-23-69-20-17-66-2)61(74-28-25-71-22-19-68-4)60(38)73-27-24-70-21-18-67-3/h6,8,13,16,30-33,39-40,43,45,62H,5,7,9-12,14-15,17-29H2,1-4H3. The van der Waals surface area contributed by atoms with Gasteiger partial charge in [-0.2, -0.15) is 0 Å². The Labute approximate surface area is 432 Å². The summed E-state index contributed by atoms with van der Waals surface area (Å²) in [6.07, 6.45) is 15.7. The van der Waals surface area contributed by atoms with Gasteiger partial charge in [-0.15, -0.1) is 0 Å². The first-order chi connectivity index (χ1) is 36.6. The molecule has 0 bridgehead atoms. The Bertz CT molecular complexity index is 3590. The monoisotopic (exact) mass is 993 g/mol. The normalized spacial score (nSPS) is 32.8. The van der Waals surface area contributed by atoms with Crippen molar-refractivity contribution in [2.24, 2.45) is 23.7 Å². The van der Waals surface area contributed by atoms with Gasteiger partial charge >= 0.3 is 0 Å². The molecule has 0 radical (unpaired) electrons. The van der Waals surface area contributed by atoms with Crippen LogP contribution in [0, 0.1) is 23.7 Å². The van der Waals surface area contributed by atoms with Crippen LogP contribution in [0.4, 0.5) is 0 Å². The van der Waals surface area contributed by atoms with E-state index in [2.05, 4.69) is 36.2 Å². The second kappa shape index (κ2) is 15.1. The predicted molar refractivity (Wildman–Crippen MR) is 281 cm³/mol. The fourth-order valence-corrected chi connectivity index (χ4v) is 21.2. The topological polar surface area (TPSA) is 86.3 Å². The summed E-state index contributed by atoms with van der Waals surface area (Å²) < 4.78 is 55.1. The summed E-state index contributed by atoms with van der Waals surface area (Å²) >= 11 is 0. The van der Waals surface area contributed by atoms with Crippen LogP contribution in [0.3, 0.4) is 0 Å². The molecule has 1 saturated carbocycles. The molecule has 11 atom stereocenters. The zero-order valence-electron chi connectivity index (χ0n) is 43.5. The van der Waals surface area contributed by atoms with Gasteiger partial charge < -0.3 is 42.6 Å². The maximum atomic E-state index is 7.29. The van der Waals surface area contributed by atoms with Crippen LogP contribution in [0.15, 0.2) is 24.3 Å². The lowest BCUT2D eigenvalue weighted by Gasteiger charge is -2.59. The van der Waals surface area contributed by atoms with Gasteiger partial charge in [0.25, 0.3) is 0 Å². The van der Waals surface area contributed by atoms with Crippen LogP contribution in [0.1, 0.15) is 120 Å². The van der Waals surface area contributed by atoms with Crippen LogP contribution in [0.5, 0.6) is 17.2 Å². The second-order valence-electron chi connectivity index (χ2n) is 24.5. The fraction of sp³-hybridized carbons (Fsp3) is 0.562. The van der Waals surface area contributed by atoms with Gasteiger partial charge in [0.2, 0.25) is 5.75 Å². The molecule has 4 aromatic carbocycles. The van der Waals surface area contributed by atoms with E-state index in [9.17, 15) is 0 Å². The highest BCUT2D eigenvalue weighted by Gasteiger charge is 2.79. The van der Waals surface area contributed by atoms with Crippen molar-refractivity contribution < 1.29 is 42.6 Å². The lowest BCUT2D eigenvalue weighted by molar-refractivity contribution is 0.0460. The van der Waals surface area contributed by atoms with Crippen LogP contribution in [-0.2, 0) is 39.3 Å². The maximum absolute atomic E-state index is 7.29. The number of likely N-dealkylation sites (tertiary alicyclic amines) is 1. The lowest BCUT2D eigenvalue weighted by Crippen LogP contribution is -2.61. The van der Waals surface area contributed by atoms with Crippen molar-refractivity contribution in [3.8, 4) is 39.5 Å². The van der Waals surface area contributed by atoms with E-state index < -0.39 is 0 Å². The number of hydrogen-bond acceptors (Lipinski definition) is 10. The third-order valence-electron chi connectivity index (χ3n) is 22.5. The Morgan fingerprint density at radius 3 is 1.97 bits per heavy atom. The predicted octanol–water partition coefficient (Wildman–Crippen LogP) is 7.02. The summed E-state index contributed by atoms with van der Waals surface area (Å²) in [6.45, 7) is 6.50. The van der Waals surface area contributed by atoms with Crippen LogP contribution < -0.4 is 35.1 Å². The number of benzene rings is 4. The molecule has 2 spiro atoms. The van der Waals surface area contributed by atoms with E-state index >= 15 is 0 Å². The van der Waals surface area contributed by atoms with Crippen molar-refractivity contribution in [1.29, 1.82) is 0 Å². The molecule has 2 fully saturated rings. The first-order valence-corrected chi connectivity index (χ1v) is 28.7. The van der Waals surface area contributed by atoms with Crippen molar-refractivity contribution >= 4 is 33.1 Å². The molecule has 18 rings (SSSR count). The minimum absolute atomic E-state index is 0.0184. The van der Waals surface area contributed by atoms with E-state index in [0.29, 0.717) is 138 Å². The van der Waals surface area contributed by atoms with Gasteiger partial charge in [-0.25, -0.2) is 0 Å². The van der Waals surface area contributed by atoms with E-state index in [-0.39, 0.29) is 16.9 Å². The Kier molecular flexibility index (Phi) is 8.92.